The molecule has 4 aromatic rings. The second-order valence-corrected chi connectivity index (χ2v) is 9.60. The number of carbonyl (C=O) groups excluding carboxylic acids is 1. The number of hydrogen-bond acceptors (Lipinski definition) is 8. The van der Waals surface area contributed by atoms with Gasteiger partial charge in [-0.1, -0.05) is 6.92 Å². The van der Waals surface area contributed by atoms with Gasteiger partial charge in [0, 0.05) is 37.2 Å². The molecule has 1 aromatic carbocycles. The number of aromatic amines is 1. The number of H-pyrrole nitrogens is 1. The molecule has 0 bridgehead atoms. The lowest BCUT2D eigenvalue weighted by Gasteiger charge is -2.35. The Balaban J connectivity index is 1.41. The SMILES string of the molecule is CCCNC(=O)C1(C)COC(c2nc(-c3ccc(F)cc3)c(-c3ccnc(NCc4ccncc4)n3)[nH]2)OC1. The Kier molecular flexibility index (Phi) is 7.89. The average molecular weight is 532 g/mol. The van der Waals surface area contributed by atoms with Crippen LogP contribution in [-0.2, 0) is 20.8 Å². The number of imidazole rings is 1. The Hall–Kier alpha value is -4.22. The molecule has 0 saturated carbocycles. The molecule has 3 N–H and O–H groups in total. The van der Waals surface area contributed by atoms with Crippen LogP contribution in [0.25, 0.3) is 22.6 Å². The molecule has 1 fully saturated rings. The molecule has 0 aliphatic carbocycles. The Labute approximate surface area is 225 Å². The predicted molar refractivity (Wildman–Crippen MR) is 143 cm³/mol. The summed E-state index contributed by atoms with van der Waals surface area (Å²) in [7, 11) is 0. The quantitative estimate of drug-likeness (QED) is 0.292. The number of amides is 1. The maximum Gasteiger partial charge on any atom is 0.230 e. The molecule has 11 heteroatoms. The number of aromatic nitrogens is 5. The van der Waals surface area contributed by atoms with Gasteiger partial charge in [0.15, 0.2) is 5.82 Å². The minimum absolute atomic E-state index is 0.109. The van der Waals surface area contributed by atoms with Gasteiger partial charge in [-0.05, 0) is 61.4 Å². The molecular formula is C28H30FN7O3. The maximum atomic E-state index is 13.7. The van der Waals surface area contributed by atoms with Gasteiger partial charge in [-0.25, -0.2) is 19.3 Å². The molecule has 0 radical (unpaired) electrons. The Morgan fingerprint density at radius 3 is 2.54 bits per heavy atom. The largest absolute Gasteiger partial charge is 0.355 e. The number of nitrogens with zero attached hydrogens (tertiary/aromatic N) is 4. The summed E-state index contributed by atoms with van der Waals surface area (Å²) in [5.41, 5.74) is 2.68. The Morgan fingerprint density at radius 1 is 1.08 bits per heavy atom. The summed E-state index contributed by atoms with van der Waals surface area (Å²) < 4.78 is 25.6. The fourth-order valence-corrected chi connectivity index (χ4v) is 4.12. The van der Waals surface area contributed by atoms with E-state index in [0.29, 0.717) is 47.5 Å². The summed E-state index contributed by atoms with van der Waals surface area (Å²) in [6.07, 6.45) is 5.14. The van der Waals surface area contributed by atoms with E-state index >= 15 is 0 Å². The van der Waals surface area contributed by atoms with Crippen LogP contribution in [0.2, 0.25) is 0 Å². The van der Waals surface area contributed by atoms with Crippen molar-refractivity contribution in [2.45, 2.75) is 33.1 Å². The van der Waals surface area contributed by atoms with Crippen LogP contribution >= 0.6 is 0 Å². The van der Waals surface area contributed by atoms with Crippen molar-refractivity contribution in [3.8, 4) is 22.6 Å². The zero-order valence-corrected chi connectivity index (χ0v) is 21.8. The van der Waals surface area contributed by atoms with Gasteiger partial charge < -0.3 is 25.1 Å². The van der Waals surface area contributed by atoms with Crippen molar-refractivity contribution in [2.24, 2.45) is 5.41 Å². The van der Waals surface area contributed by atoms with Crippen molar-refractivity contribution in [1.29, 1.82) is 0 Å². The van der Waals surface area contributed by atoms with Crippen LogP contribution in [0, 0.1) is 11.2 Å². The number of pyridine rings is 1. The number of hydrogen-bond donors (Lipinski definition) is 3. The molecular weight excluding hydrogens is 501 g/mol. The van der Waals surface area contributed by atoms with Crippen LogP contribution in [0.3, 0.4) is 0 Å². The summed E-state index contributed by atoms with van der Waals surface area (Å²) in [5, 5.41) is 6.13. The van der Waals surface area contributed by atoms with Gasteiger partial charge in [0.25, 0.3) is 0 Å². The van der Waals surface area contributed by atoms with Crippen LogP contribution < -0.4 is 10.6 Å². The smallest absolute Gasteiger partial charge is 0.230 e. The fourth-order valence-electron chi connectivity index (χ4n) is 4.12. The van der Waals surface area contributed by atoms with Crippen LogP contribution in [-0.4, -0.2) is 50.6 Å². The van der Waals surface area contributed by atoms with E-state index in [1.165, 1.54) is 12.1 Å². The number of nitrogens with one attached hydrogen (secondary N) is 3. The molecule has 202 valence electrons. The predicted octanol–water partition coefficient (Wildman–Crippen LogP) is 4.26. The lowest BCUT2D eigenvalue weighted by Crippen LogP contribution is -2.48. The van der Waals surface area contributed by atoms with E-state index in [2.05, 4.69) is 30.6 Å². The molecule has 0 atom stereocenters. The molecule has 5 rings (SSSR count). The van der Waals surface area contributed by atoms with Crippen LogP contribution in [0.1, 0.15) is 37.9 Å². The van der Waals surface area contributed by atoms with Crippen molar-refractivity contribution in [3.63, 3.8) is 0 Å². The molecule has 0 unspecified atom stereocenters. The molecule has 1 aliphatic heterocycles. The summed E-state index contributed by atoms with van der Waals surface area (Å²) >= 11 is 0. The average Bonchev–Trinajstić information content (AvgIpc) is 3.42. The number of carbonyl (C=O) groups is 1. The number of rotatable bonds is 9. The Bertz CT molecular complexity index is 1400. The Morgan fingerprint density at radius 2 is 1.82 bits per heavy atom. The highest BCUT2D eigenvalue weighted by molar-refractivity contribution is 5.82. The lowest BCUT2D eigenvalue weighted by atomic mass is 9.91. The molecule has 0 spiro atoms. The van der Waals surface area contributed by atoms with E-state index in [1.807, 2.05) is 26.0 Å². The van der Waals surface area contributed by atoms with Crippen LogP contribution in [0.5, 0.6) is 0 Å². The van der Waals surface area contributed by atoms with Crippen molar-refractivity contribution >= 4 is 11.9 Å². The number of halogens is 1. The number of ether oxygens (including phenoxy) is 2. The number of anilines is 1. The third kappa shape index (κ3) is 6.10. The van der Waals surface area contributed by atoms with Gasteiger partial charge in [-0.15, -0.1) is 0 Å². The van der Waals surface area contributed by atoms with E-state index in [9.17, 15) is 9.18 Å². The summed E-state index contributed by atoms with van der Waals surface area (Å²) in [6, 6.07) is 11.6. The normalized spacial score (nSPS) is 19.0. The number of benzene rings is 1. The molecule has 1 aliphatic rings. The molecule has 39 heavy (non-hydrogen) atoms. The zero-order valence-electron chi connectivity index (χ0n) is 21.8. The van der Waals surface area contributed by atoms with Gasteiger partial charge >= 0.3 is 0 Å². The first-order valence-corrected chi connectivity index (χ1v) is 12.8. The highest BCUT2D eigenvalue weighted by Gasteiger charge is 2.40. The molecule has 10 nitrogen and oxygen atoms in total. The molecule has 1 saturated heterocycles. The van der Waals surface area contributed by atoms with Crippen molar-refractivity contribution in [3.05, 3.63) is 78.3 Å². The van der Waals surface area contributed by atoms with Gasteiger partial charge in [0.05, 0.1) is 35.7 Å². The molecule has 3 aromatic heterocycles. The maximum absolute atomic E-state index is 13.7. The van der Waals surface area contributed by atoms with Crippen LogP contribution in [0.4, 0.5) is 10.3 Å². The van der Waals surface area contributed by atoms with E-state index in [1.54, 1.807) is 36.8 Å². The van der Waals surface area contributed by atoms with Gasteiger partial charge in [-0.3, -0.25) is 9.78 Å². The minimum Gasteiger partial charge on any atom is -0.355 e. The zero-order chi connectivity index (χ0) is 27.2. The van der Waals surface area contributed by atoms with Crippen molar-refractivity contribution in [2.75, 3.05) is 25.1 Å². The first-order chi connectivity index (χ1) is 18.9. The second-order valence-electron chi connectivity index (χ2n) is 9.60. The van der Waals surface area contributed by atoms with E-state index in [4.69, 9.17) is 14.5 Å². The highest BCUT2D eigenvalue weighted by atomic mass is 19.1. The minimum atomic E-state index is -0.809. The first kappa shape index (κ1) is 26.4. The van der Waals surface area contributed by atoms with Gasteiger partial charge in [-0.2, -0.15) is 0 Å². The topological polar surface area (TPSA) is 127 Å². The lowest BCUT2D eigenvalue weighted by molar-refractivity contribution is -0.231. The van der Waals surface area contributed by atoms with Gasteiger partial charge in [0.1, 0.15) is 5.82 Å². The molecule has 4 heterocycles. The van der Waals surface area contributed by atoms with E-state index in [-0.39, 0.29) is 24.9 Å². The van der Waals surface area contributed by atoms with Crippen molar-refractivity contribution < 1.29 is 18.7 Å². The second kappa shape index (κ2) is 11.7. The van der Waals surface area contributed by atoms with E-state index in [0.717, 1.165) is 12.0 Å². The summed E-state index contributed by atoms with van der Waals surface area (Å²) in [5.74, 6) is 0.401. The van der Waals surface area contributed by atoms with Crippen LogP contribution in [0.15, 0.2) is 61.1 Å². The summed E-state index contributed by atoms with van der Waals surface area (Å²) in [6.45, 7) is 5.28. The molecule has 1 amide bonds. The highest BCUT2D eigenvalue weighted by Crippen LogP contribution is 2.35. The van der Waals surface area contributed by atoms with E-state index < -0.39 is 11.7 Å². The third-order valence-corrected chi connectivity index (χ3v) is 6.37. The first-order valence-electron chi connectivity index (χ1n) is 12.8. The summed E-state index contributed by atoms with van der Waals surface area (Å²) in [4.78, 5) is 33.7. The van der Waals surface area contributed by atoms with Gasteiger partial charge in [0.2, 0.25) is 18.1 Å². The standard InChI is InChI=1S/C28H30FN7O3/c1-3-11-31-26(37)28(2)16-38-25(39-17-28)24-35-22(19-4-6-20(29)7-5-19)23(36-24)21-10-14-32-27(34-21)33-15-18-8-12-30-13-9-18/h4-10,12-14,25H,3,11,15-17H2,1-2H3,(H,31,37)(H,35,36)(H,32,33,34). The third-order valence-electron chi connectivity index (χ3n) is 6.37. The monoisotopic (exact) mass is 531 g/mol. The van der Waals surface area contributed by atoms with Crippen molar-refractivity contribution in [1.82, 2.24) is 30.2 Å². The fraction of sp³-hybridized carbons (Fsp3) is 0.321.